The molecule has 0 unspecified atom stereocenters. The largest absolute Gasteiger partial charge is 0.461 e. The molecule has 0 spiro atoms. The van der Waals surface area contributed by atoms with E-state index in [0.29, 0.717) is 0 Å². The minimum absolute atomic E-state index is 0.0879. The van der Waals surface area contributed by atoms with Gasteiger partial charge in [-0.3, -0.25) is 10.1 Å². The number of carbonyl (C=O) groups excluding carboxylic acids is 3. The Kier molecular flexibility index (Phi) is 11.4. The van der Waals surface area contributed by atoms with Crippen molar-refractivity contribution in [2.75, 3.05) is 18.5 Å². The van der Waals surface area contributed by atoms with Gasteiger partial charge in [-0.05, 0) is 45.4 Å². The second-order valence-corrected chi connectivity index (χ2v) is 8.75. The summed E-state index contributed by atoms with van der Waals surface area (Å²) >= 11 is 1.12. The third kappa shape index (κ3) is 10.8. The summed E-state index contributed by atoms with van der Waals surface area (Å²) < 4.78 is 15.6. The topological polar surface area (TPSA) is 104 Å². The van der Waals surface area contributed by atoms with Gasteiger partial charge in [0.25, 0.3) is 0 Å². The number of hydrogen-bond acceptors (Lipinski definition) is 8. The van der Waals surface area contributed by atoms with Crippen LogP contribution in [-0.2, 0) is 30.4 Å². The van der Waals surface area contributed by atoms with Gasteiger partial charge < -0.3 is 14.2 Å². The van der Waals surface area contributed by atoms with Crippen molar-refractivity contribution >= 4 is 40.1 Å². The molecule has 0 atom stereocenters. The Bertz CT molecular complexity index is 1090. The van der Waals surface area contributed by atoms with E-state index in [0.717, 1.165) is 28.0 Å². The molecule has 35 heavy (non-hydrogen) atoms. The summed E-state index contributed by atoms with van der Waals surface area (Å²) in [6.45, 7) is 7.95. The molecule has 1 aromatic carbocycles. The Labute approximate surface area is 209 Å². The highest BCUT2D eigenvalue weighted by Gasteiger charge is 2.19. The summed E-state index contributed by atoms with van der Waals surface area (Å²) in [5.74, 6) is -1.13. The number of carbonyl (C=O) groups is 3. The van der Waals surface area contributed by atoms with E-state index in [1.54, 1.807) is 17.5 Å². The number of nitrogens with one attached hydrogen (secondary N) is 1. The first-order valence-electron chi connectivity index (χ1n) is 11.0. The lowest BCUT2D eigenvalue weighted by Crippen LogP contribution is -2.14. The molecule has 2 aromatic rings. The summed E-state index contributed by atoms with van der Waals surface area (Å²) in [5, 5.41) is 4.38. The van der Waals surface area contributed by atoms with Gasteiger partial charge in [0, 0.05) is 5.38 Å². The van der Waals surface area contributed by atoms with E-state index < -0.39 is 18.0 Å². The summed E-state index contributed by atoms with van der Waals surface area (Å²) in [7, 11) is 0. The highest BCUT2D eigenvalue weighted by atomic mass is 32.1. The molecule has 0 saturated heterocycles. The number of aromatic nitrogens is 1. The third-order valence-electron chi connectivity index (χ3n) is 4.34. The fourth-order valence-corrected chi connectivity index (χ4v) is 3.20. The zero-order valence-corrected chi connectivity index (χ0v) is 21.1. The third-order valence-corrected chi connectivity index (χ3v) is 5.09. The van der Waals surface area contributed by atoms with Gasteiger partial charge in [0.1, 0.15) is 19.8 Å². The van der Waals surface area contributed by atoms with Crippen LogP contribution in [0.4, 0.5) is 9.93 Å². The van der Waals surface area contributed by atoms with Crippen molar-refractivity contribution in [2.45, 2.75) is 40.7 Å². The van der Waals surface area contributed by atoms with Gasteiger partial charge in [0.2, 0.25) is 0 Å². The predicted molar refractivity (Wildman–Crippen MR) is 136 cm³/mol. The maximum absolute atomic E-state index is 12.7. The van der Waals surface area contributed by atoms with Gasteiger partial charge in [-0.2, -0.15) is 0 Å². The summed E-state index contributed by atoms with van der Waals surface area (Å²) in [5.41, 5.74) is 3.26. The maximum Gasteiger partial charge on any atom is 0.413 e. The fraction of sp³-hybridized carbons (Fsp3) is 0.308. The van der Waals surface area contributed by atoms with Gasteiger partial charge in [0.05, 0.1) is 17.7 Å². The van der Waals surface area contributed by atoms with Crippen molar-refractivity contribution in [2.24, 2.45) is 0 Å². The number of esters is 2. The monoisotopic (exact) mass is 498 g/mol. The standard InChI is InChI=1S/C26H30N2O6S/c1-18(2)12-14-32-23(29)11-10-21(24(30)33-15-13-19(3)4)22-17-35-25(27-22)28-26(31)34-16-20-8-6-5-7-9-20/h5-10,12-13,17H,11,14-16H2,1-4H3,(H,27,28,31). The first-order valence-corrected chi connectivity index (χ1v) is 11.9. The lowest BCUT2D eigenvalue weighted by molar-refractivity contribution is -0.141. The van der Waals surface area contributed by atoms with Crippen LogP contribution in [0.1, 0.15) is 45.4 Å². The number of rotatable bonds is 11. The molecule has 186 valence electrons. The van der Waals surface area contributed by atoms with E-state index in [2.05, 4.69) is 10.3 Å². The van der Waals surface area contributed by atoms with E-state index in [9.17, 15) is 14.4 Å². The molecule has 1 N–H and O–H groups in total. The molecule has 0 fully saturated rings. The quantitative estimate of drug-likeness (QED) is 0.184. The van der Waals surface area contributed by atoms with Gasteiger partial charge in [-0.1, -0.05) is 47.6 Å². The number of allylic oxidation sites excluding steroid dienone is 2. The van der Waals surface area contributed by atoms with E-state index >= 15 is 0 Å². The van der Waals surface area contributed by atoms with Crippen LogP contribution in [0, 0.1) is 0 Å². The van der Waals surface area contributed by atoms with Crippen LogP contribution in [-0.4, -0.2) is 36.2 Å². The van der Waals surface area contributed by atoms with E-state index in [1.807, 2.05) is 58.0 Å². The lowest BCUT2D eigenvalue weighted by Gasteiger charge is -2.06. The number of anilines is 1. The molecule has 9 heteroatoms. The minimum Gasteiger partial charge on any atom is -0.461 e. The van der Waals surface area contributed by atoms with Gasteiger partial charge in [0.15, 0.2) is 5.13 Å². The Hall–Kier alpha value is -3.72. The number of nitrogens with zero attached hydrogens (tertiary/aromatic N) is 1. The van der Waals surface area contributed by atoms with Crippen molar-refractivity contribution in [3.05, 3.63) is 76.3 Å². The van der Waals surface area contributed by atoms with Gasteiger partial charge in [-0.15, -0.1) is 11.3 Å². The molecule has 0 aliphatic heterocycles. The second-order valence-electron chi connectivity index (χ2n) is 7.89. The normalized spacial score (nSPS) is 10.7. The van der Waals surface area contributed by atoms with Crippen LogP contribution < -0.4 is 5.32 Å². The fourth-order valence-electron chi connectivity index (χ4n) is 2.50. The second kappa shape index (κ2) is 14.5. The highest BCUT2D eigenvalue weighted by molar-refractivity contribution is 7.14. The molecule has 1 heterocycles. The van der Waals surface area contributed by atoms with Crippen LogP contribution in [0.15, 0.2) is 65.1 Å². The SMILES string of the molecule is CC(C)=CCOC(=O)CC=C(C(=O)OCC=C(C)C)c1csc(NC(=O)OCc2ccccc2)n1. The average molecular weight is 499 g/mol. The summed E-state index contributed by atoms with van der Waals surface area (Å²) in [4.78, 5) is 41.2. The first-order chi connectivity index (χ1) is 16.7. The number of benzene rings is 1. The molecule has 0 bridgehead atoms. The van der Waals surface area contributed by atoms with E-state index in [4.69, 9.17) is 14.2 Å². The molecule has 2 rings (SSSR count). The van der Waals surface area contributed by atoms with Crippen LogP contribution in [0.5, 0.6) is 0 Å². The van der Waals surface area contributed by atoms with Gasteiger partial charge in [-0.25, -0.2) is 14.6 Å². The van der Waals surface area contributed by atoms with Crippen molar-refractivity contribution < 1.29 is 28.6 Å². The van der Waals surface area contributed by atoms with E-state index in [-0.39, 0.29) is 42.6 Å². The Balaban J connectivity index is 2.06. The van der Waals surface area contributed by atoms with E-state index in [1.165, 1.54) is 6.08 Å². The first kappa shape index (κ1) is 27.5. The number of ether oxygens (including phenoxy) is 3. The predicted octanol–water partition coefficient (Wildman–Crippen LogP) is 5.68. The Morgan fingerprint density at radius 3 is 2.23 bits per heavy atom. The van der Waals surface area contributed by atoms with Crippen molar-refractivity contribution in [3.8, 4) is 0 Å². The van der Waals surface area contributed by atoms with Crippen molar-refractivity contribution in [1.82, 2.24) is 4.98 Å². The highest BCUT2D eigenvalue weighted by Crippen LogP contribution is 2.24. The number of thiazole rings is 1. The average Bonchev–Trinajstić information content (AvgIpc) is 3.26. The van der Waals surface area contributed by atoms with Crippen LogP contribution in [0.2, 0.25) is 0 Å². The molecule has 1 amide bonds. The van der Waals surface area contributed by atoms with Crippen molar-refractivity contribution in [3.63, 3.8) is 0 Å². The smallest absolute Gasteiger partial charge is 0.413 e. The molecule has 8 nitrogen and oxygen atoms in total. The maximum atomic E-state index is 12.7. The van der Waals surface area contributed by atoms with Gasteiger partial charge >= 0.3 is 18.0 Å². The summed E-state index contributed by atoms with van der Waals surface area (Å²) in [6.07, 6.45) is 4.16. The zero-order valence-electron chi connectivity index (χ0n) is 20.3. The number of hydrogen-bond donors (Lipinski definition) is 1. The lowest BCUT2D eigenvalue weighted by atomic mass is 10.1. The van der Waals surface area contributed by atoms with Crippen LogP contribution in [0.3, 0.4) is 0 Å². The Morgan fingerprint density at radius 2 is 1.57 bits per heavy atom. The van der Waals surface area contributed by atoms with Crippen LogP contribution >= 0.6 is 11.3 Å². The molecular formula is C26H30N2O6S. The minimum atomic E-state index is -0.672. The molecule has 0 saturated carbocycles. The molecular weight excluding hydrogens is 468 g/mol. The van der Waals surface area contributed by atoms with Crippen molar-refractivity contribution in [1.29, 1.82) is 0 Å². The zero-order chi connectivity index (χ0) is 25.6. The molecule has 1 aromatic heterocycles. The molecule has 0 aliphatic carbocycles. The van der Waals surface area contributed by atoms with Crippen LogP contribution in [0.25, 0.3) is 5.57 Å². The Morgan fingerprint density at radius 1 is 0.914 bits per heavy atom. The molecule has 0 aliphatic rings. The number of amides is 1. The molecule has 0 radical (unpaired) electrons. The summed E-state index contributed by atoms with van der Waals surface area (Å²) in [6, 6.07) is 9.27.